The van der Waals surface area contributed by atoms with Gasteiger partial charge >= 0.3 is 0 Å². The van der Waals surface area contributed by atoms with Crippen LogP contribution >= 0.6 is 0 Å². The monoisotopic (exact) mass is 185 g/mol. The molecule has 0 fully saturated rings. The number of amides is 2. The molecule has 1 unspecified atom stereocenters. The second-order valence-electron chi connectivity index (χ2n) is 2.53. The van der Waals surface area contributed by atoms with Gasteiger partial charge in [-0.15, -0.1) is 0 Å². The van der Waals surface area contributed by atoms with Gasteiger partial charge in [0.05, 0.1) is 6.04 Å². The van der Waals surface area contributed by atoms with E-state index in [4.69, 9.17) is 0 Å². The third kappa shape index (κ3) is 3.59. The molecule has 0 radical (unpaired) electrons. The summed E-state index contributed by atoms with van der Waals surface area (Å²) in [5, 5.41) is 0. The van der Waals surface area contributed by atoms with E-state index in [0.717, 1.165) is 4.90 Å². The highest BCUT2D eigenvalue weighted by Crippen LogP contribution is 2.03. The zero-order valence-electron chi connectivity index (χ0n) is 7.30. The van der Waals surface area contributed by atoms with Crippen molar-refractivity contribution >= 4 is 24.9 Å². The minimum Gasteiger partial charge on any atom is -0.303 e. The van der Waals surface area contributed by atoms with Crippen molar-refractivity contribution in [3.63, 3.8) is 0 Å². The van der Waals surface area contributed by atoms with E-state index < -0.39 is 6.04 Å². The first-order valence-electron chi connectivity index (χ1n) is 3.79. The van der Waals surface area contributed by atoms with Gasteiger partial charge < -0.3 is 4.79 Å². The summed E-state index contributed by atoms with van der Waals surface area (Å²) >= 11 is 0. The minimum absolute atomic E-state index is 0.155. The van der Waals surface area contributed by atoms with Gasteiger partial charge in [-0.2, -0.15) is 0 Å². The summed E-state index contributed by atoms with van der Waals surface area (Å²) in [7, 11) is 0. The highest BCUT2D eigenvalue weighted by Gasteiger charge is 2.20. The normalized spacial score (nSPS) is 11.5. The Morgan fingerprint density at radius 1 is 1.31 bits per heavy atom. The maximum atomic E-state index is 10.9. The molecule has 0 aliphatic heterocycles. The molecule has 0 aromatic heterocycles. The van der Waals surface area contributed by atoms with Crippen LogP contribution in [0.25, 0.3) is 0 Å². The lowest BCUT2D eigenvalue weighted by molar-refractivity contribution is -0.138. The number of carbonyl (C=O) groups is 4. The average Bonchev–Trinajstić information content (AvgIpc) is 2.11. The van der Waals surface area contributed by atoms with Crippen LogP contribution in [0.3, 0.4) is 0 Å². The molecule has 0 aromatic carbocycles. The van der Waals surface area contributed by atoms with Gasteiger partial charge in [0.15, 0.2) is 5.78 Å². The molecule has 0 spiro atoms. The summed E-state index contributed by atoms with van der Waals surface area (Å²) in [6.45, 7) is 1.27. The van der Waals surface area contributed by atoms with Gasteiger partial charge in [-0.3, -0.25) is 19.3 Å². The van der Waals surface area contributed by atoms with E-state index >= 15 is 0 Å². The van der Waals surface area contributed by atoms with Crippen LogP contribution in [0.15, 0.2) is 0 Å². The van der Waals surface area contributed by atoms with Gasteiger partial charge in [0, 0.05) is 6.42 Å². The quantitative estimate of drug-likeness (QED) is 0.503. The number of hydrogen-bond donors (Lipinski definition) is 0. The van der Waals surface area contributed by atoms with E-state index in [9.17, 15) is 19.2 Å². The number of aldehydes is 1. The zero-order chi connectivity index (χ0) is 10.3. The fraction of sp³-hybridized carbons (Fsp3) is 0.500. The van der Waals surface area contributed by atoms with Gasteiger partial charge in [0.2, 0.25) is 12.8 Å². The Bertz CT molecular complexity index is 206. The second-order valence-corrected chi connectivity index (χ2v) is 2.53. The zero-order valence-corrected chi connectivity index (χ0v) is 7.30. The first-order chi connectivity index (χ1) is 6.17. The predicted octanol–water partition coefficient (Wildman–Crippen LogP) is -0.462. The van der Waals surface area contributed by atoms with E-state index in [0.29, 0.717) is 6.29 Å². The molecule has 0 N–H and O–H groups in total. The number of carbonyl (C=O) groups excluding carboxylic acids is 4. The largest absolute Gasteiger partial charge is 0.303 e. The molecular weight excluding hydrogens is 174 g/mol. The number of rotatable bonds is 7. The molecule has 13 heavy (non-hydrogen) atoms. The Morgan fingerprint density at radius 2 is 1.85 bits per heavy atom. The Kier molecular flexibility index (Phi) is 5.34. The molecule has 2 amide bonds. The number of ketones is 1. The van der Waals surface area contributed by atoms with E-state index in [1.165, 1.54) is 6.92 Å². The highest BCUT2D eigenvalue weighted by atomic mass is 16.2. The molecular formula is C8H11NO4. The third-order valence-electron chi connectivity index (χ3n) is 1.63. The Hall–Kier alpha value is -1.52. The molecule has 0 rings (SSSR count). The van der Waals surface area contributed by atoms with Crippen molar-refractivity contribution in [1.82, 2.24) is 4.90 Å². The van der Waals surface area contributed by atoms with Gasteiger partial charge in [0.1, 0.15) is 6.29 Å². The van der Waals surface area contributed by atoms with Gasteiger partial charge in [-0.1, -0.05) is 0 Å². The number of Topliss-reactive ketones (excluding diaryl/α,β-unsaturated/α-hetero) is 1. The fourth-order valence-electron chi connectivity index (χ4n) is 0.960. The van der Waals surface area contributed by atoms with Crippen LogP contribution in [0.5, 0.6) is 0 Å². The number of nitrogens with zero attached hydrogens (tertiary/aromatic N) is 1. The van der Waals surface area contributed by atoms with Gasteiger partial charge in [-0.05, 0) is 13.3 Å². The summed E-state index contributed by atoms with van der Waals surface area (Å²) in [6.07, 6.45) is 1.55. The predicted molar refractivity (Wildman–Crippen MR) is 43.7 cm³/mol. The van der Waals surface area contributed by atoms with Crippen LogP contribution in [0.2, 0.25) is 0 Å². The molecule has 0 saturated carbocycles. The third-order valence-corrected chi connectivity index (χ3v) is 1.63. The lowest BCUT2D eigenvalue weighted by Crippen LogP contribution is -2.38. The summed E-state index contributed by atoms with van der Waals surface area (Å²) in [5.74, 6) is -0.305. The molecule has 0 saturated heterocycles. The van der Waals surface area contributed by atoms with Gasteiger partial charge in [0.25, 0.3) is 0 Å². The number of hydrogen-bond acceptors (Lipinski definition) is 4. The molecule has 0 aromatic rings. The molecule has 0 bridgehead atoms. The second kappa shape index (κ2) is 6.05. The maximum Gasteiger partial charge on any atom is 0.216 e. The topological polar surface area (TPSA) is 71.5 Å². The van der Waals surface area contributed by atoms with Crippen LogP contribution in [0.4, 0.5) is 0 Å². The van der Waals surface area contributed by atoms with E-state index in [2.05, 4.69) is 0 Å². The fourth-order valence-corrected chi connectivity index (χ4v) is 0.960. The van der Waals surface area contributed by atoms with Crippen LogP contribution in [0, 0.1) is 0 Å². The lowest BCUT2D eigenvalue weighted by Gasteiger charge is -2.18. The van der Waals surface area contributed by atoms with Crippen LogP contribution in [-0.4, -0.2) is 35.8 Å². The molecule has 1 atom stereocenters. The van der Waals surface area contributed by atoms with E-state index in [1.54, 1.807) is 0 Å². The lowest BCUT2D eigenvalue weighted by atomic mass is 10.1. The summed E-state index contributed by atoms with van der Waals surface area (Å²) in [6, 6.07) is -0.805. The van der Waals surface area contributed by atoms with Crippen molar-refractivity contribution in [3.05, 3.63) is 0 Å². The Balaban J connectivity index is 4.37. The molecule has 5 nitrogen and oxygen atoms in total. The standard InChI is InChI=1S/C8H11NO4/c1-7(13)8(3-2-4-10)9(5-11)6-12/h4-6,8H,2-3H2,1H3. The van der Waals surface area contributed by atoms with E-state index in [-0.39, 0.29) is 31.4 Å². The average molecular weight is 185 g/mol. The molecule has 0 heterocycles. The number of imide groups is 1. The van der Waals surface area contributed by atoms with Crippen molar-refractivity contribution in [2.45, 2.75) is 25.8 Å². The van der Waals surface area contributed by atoms with Crippen LogP contribution < -0.4 is 0 Å². The first-order valence-corrected chi connectivity index (χ1v) is 3.79. The van der Waals surface area contributed by atoms with Crippen molar-refractivity contribution in [1.29, 1.82) is 0 Å². The molecule has 0 aliphatic carbocycles. The SMILES string of the molecule is CC(=O)C(CCC=O)N(C=O)C=O. The molecule has 0 aliphatic rings. The summed E-state index contributed by atoms with van der Waals surface area (Å²) in [5.41, 5.74) is 0. The van der Waals surface area contributed by atoms with Gasteiger partial charge in [-0.25, -0.2) is 0 Å². The van der Waals surface area contributed by atoms with Crippen LogP contribution in [0.1, 0.15) is 19.8 Å². The highest BCUT2D eigenvalue weighted by molar-refractivity contribution is 5.87. The summed E-state index contributed by atoms with van der Waals surface area (Å²) in [4.78, 5) is 42.3. The minimum atomic E-state index is -0.805. The summed E-state index contributed by atoms with van der Waals surface area (Å²) < 4.78 is 0. The first kappa shape index (κ1) is 11.5. The van der Waals surface area contributed by atoms with Crippen molar-refractivity contribution < 1.29 is 19.2 Å². The Morgan fingerprint density at radius 3 is 2.15 bits per heavy atom. The van der Waals surface area contributed by atoms with Crippen LogP contribution in [-0.2, 0) is 19.2 Å². The van der Waals surface area contributed by atoms with E-state index in [1.807, 2.05) is 0 Å². The van der Waals surface area contributed by atoms with Crippen molar-refractivity contribution in [2.24, 2.45) is 0 Å². The smallest absolute Gasteiger partial charge is 0.216 e. The van der Waals surface area contributed by atoms with Crippen molar-refractivity contribution in [3.8, 4) is 0 Å². The molecule has 72 valence electrons. The maximum absolute atomic E-state index is 10.9. The molecule has 5 heteroatoms. The van der Waals surface area contributed by atoms with Crippen molar-refractivity contribution in [2.75, 3.05) is 0 Å². The Labute approximate surface area is 75.7 Å².